The second-order valence-corrected chi connectivity index (χ2v) is 6.89. The third-order valence-electron chi connectivity index (χ3n) is 4.48. The van der Waals surface area contributed by atoms with Crippen LogP contribution in [-0.4, -0.2) is 22.8 Å². The van der Waals surface area contributed by atoms with Crippen LogP contribution in [0.15, 0.2) is 60.7 Å². The van der Waals surface area contributed by atoms with E-state index in [1.807, 2.05) is 69.3 Å². The first-order chi connectivity index (χ1) is 13.0. The molecule has 3 rings (SSSR count). The number of nitrogens with one attached hydrogen (secondary N) is 2. The molecule has 0 saturated heterocycles. The van der Waals surface area contributed by atoms with Crippen molar-refractivity contribution >= 4 is 28.5 Å². The lowest BCUT2D eigenvalue weighted by Gasteiger charge is -2.22. The largest absolute Gasteiger partial charge is 0.340 e. The predicted octanol–water partition coefficient (Wildman–Crippen LogP) is 3.94. The van der Waals surface area contributed by atoms with Crippen LogP contribution in [0.2, 0.25) is 0 Å². The molecule has 0 spiro atoms. The minimum atomic E-state index is -0.662. The van der Waals surface area contributed by atoms with Gasteiger partial charge in [0.2, 0.25) is 5.91 Å². The van der Waals surface area contributed by atoms with Crippen molar-refractivity contribution in [3.05, 3.63) is 71.8 Å². The number of hydrogen-bond donors (Lipinski definition) is 2. The zero-order valence-electron chi connectivity index (χ0n) is 15.7. The lowest BCUT2D eigenvalue weighted by molar-refractivity contribution is -0.118. The van der Waals surface area contributed by atoms with E-state index in [0.717, 1.165) is 16.5 Å². The van der Waals surface area contributed by atoms with Gasteiger partial charge in [0.15, 0.2) is 0 Å². The zero-order chi connectivity index (χ0) is 19.4. The molecule has 0 radical (unpaired) electrons. The van der Waals surface area contributed by atoms with E-state index in [-0.39, 0.29) is 17.7 Å². The van der Waals surface area contributed by atoms with Crippen LogP contribution in [0.25, 0.3) is 10.9 Å². The number of para-hydroxylation sites is 1. The van der Waals surface area contributed by atoms with Gasteiger partial charge >= 0.3 is 0 Å². The van der Waals surface area contributed by atoms with Crippen molar-refractivity contribution < 1.29 is 9.59 Å². The molecule has 1 heterocycles. The van der Waals surface area contributed by atoms with Crippen molar-refractivity contribution in [1.82, 2.24) is 10.3 Å². The van der Waals surface area contributed by atoms with Gasteiger partial charge in [-0.15, -0.1) is 0 Å². The van der Waals surface area contributed by atoms with E-state index in [9.17, 15) is 9.59 Å². The summed E-state index contributed by atoms with van der Waals surface area (Å²) < 4.78 is 0. The highest BCUT2D eigenvalue weighted by atomic mass is 16.2. The van der Waals surface area contributed by atoms with E-state index in [2.05, 4.69) is 15.6 Å². The van der Waals surface area contributed by atoms with Gasteiger partial charge in [-0.3, -0.25) is 9.59 Å². The van der Waals surface area contributed by atoms with Crippen LogP contribution in [0.1, 0.15) is 29.8 Å². The lowest BCUT2D eigenvalue weighted by Crippen LogP contribution is -2.47. The van der Waals surface area contributed by atoms with E-state index in [4.69, 9.17) is 0 Å². The average Bonchev–Trinajstić information content (AvgIpc) is 2.65. The number of anilines is 1. The number of benzene rings is 2. The summed E-state index contributed by atoms with van der Waals surface area (Å²) in [6.07, 6.45) is 0. The van der Waals surface area contributed by atoms with Gasteiger partial charge in [0, 0.05) is 10.9 Å². The molecule has 1 unspecified atom stereocenters. The molecule has 1 atom stereocenters. The van der Waals surface area contributed by atoms with Crippen LogP contribution < -0.4 is 10.6 Å². The third kappa shape index (κ3) is 4.31. The maximum atomic E-state index is 12.8. The second-order valence-electron chi connectivity index (χ2n) is 6.89. The van der Waals surface area contributed by atoms with E-state index >= 15 is 0 Å². The molecule has 0 aliphatic rings. The normalized spacial score (nSPS) is 12.0. The number of amides is 2. The number of aromatic nitrogens is 1. The summed E-state index contributed by atoms with van der Waals surface area (Å²) in [5.74, 6) is -0.143. The maximum absolute atomic E-state index is 12.8. The van der Waals surface area contributed by atoms with Crippen LogP contribution in [0.4, 0.5) is 5.82 Å². The van der Waals surface area contributed by atoms with Gasteiger partial charge < -0.3 is 10.6 Å². The van der Waals surface area contributed by atoms with Gasteiger partial charge in [0.25, 0.3) is 5.91 Å². The van der Waals surface area contributed by atoms with Crippen molar-refractivity contribution in [3.63, 3.8) is 0 Å². The molecule has 1 aromatic heterocycles. The number of carbonyl (C=O) groups is 2. The Morgan fingerprint density at radius 1 is 0.926 bits per heavy atom. The predicted molar refractivity (Wildman–Crippen MR) is 108 cm³/mol. The van der Waals surface area contributed by atoms with Crippen LogP contribution in [0.3, 0.4) is 0 Å². The fraction of sp³-hybridized carbons (Fsp3) is 0.227. The molecule has 5 nitrogen and oxygen atoms in total. The summed E-state index contributed by atoms with van der Waals surface area (Å²) in [5.41, 5.74) is 2.24. The van der Waals surface area contributed by atoms with Crippen LogP contribution >= 0.6 is 0 Å². The highest BCUT2D eigenvalue weighted by Gasteiger charge is 2.25. The quantitative estimate of drug-likeness (QED) is 0.723. The van der Waals surface area contributed by atoms with Crippen LogP contribution in [-0.2, 0) is 4.79 Å². The lowest BCUT2D eigenvalue weighted by atomic mass is 10.0. The van der Waals surface area contributed by atoms with Gasteiger partial charge in [-0.25, -0.2) is 4.98 Å². The number of carbonyl (C=O) groups excluding carboxylic acids is 2. The molecule has 2 aromatic carbocycles. The maximum Gasteiger partial charge on any atom is 0.252 e. The first kappa shape index (κ1) is 18.6. The van der Waals surface area contributed by atoms with Crippen molar-refractivity contribution in [2.75, 3.05) is 5.32 Å². The minimum absolute atomic E-state index is 0.0709. The van der Waals surface area contributed by atoms with E-state index < -0.39 is 6.04 Å². The molecule has 3 aromatic rings. The number of hydrogen-bond acceptors (Lipinski definition) is 3. The number of nitrogens with zero attached hydrogens (tertiary/aromatic N) is 1. The summed E-state index contributed by atoms with van der Waals surface area (Å²) in [6.45, 7) is 5.67. The monoisotopic (exact) mass is 361 g/mol. The Labute approximate surface area is 158 Å². The van der Waals surface area contributed by atoms with E-state index in [1.165, 1.54) is 0 Å². The molecular weight excluding hydrogens is 338 g/mol. The summed E-state index contributed by atoms with van der Waals surface area (Å²) in [4.78, 5) is 29.8. The average molecular weight is 361 g/mol. The molecule has 0 fully saturated rings. The van der Waals surface area contributed by atoms with Gasteiger partial charge in [0.05, 0.1) is 5.52 Å². The molecule has 138 valence electrons. The molecule has 5 heteroatoms. The molecule has 2 amide bonds. The Bertz CT molecular complexity index is 982. The van der Waals surface area contributed by atoms with Crippen molar-refractivity contribution in [2.45, 2.75) is 26.8 Å². The van der Waals surface area contributed by atoms with E-state index in [0.29, 0.717) is 11.4 Å². The first-order valence-corrected chi connectivity index (χ1v) is 8.99. The number of aryl methyl sites for hydroxylation is 1. The highest BCUT2D eigenvalue weighted by molar-refractivity contribution is 6.02. The fourth-order valence-corrected chi connectivity index (χ4v) is 2.92. The SMILES string of the molecule is Cc1ccccc1C(=O)NC(C(=O)Nc1ccc2ccccc2n1)C(C)C. The number of rotatable bonds is 5. The minimum Gasteiger partial charge on any atom is -0.340 e. The van der Waals surface area contributed by atoms with Crippen molar-refractivity contribution in [2.24, 2.45) is 5.92 Å². The Hall–Kier alpha value is -3.21. The Kier molecular flexibility index (Phi) is 5.50. The third-order valence-corrected chi connectivity index (χ3v) is 4.48. The van der Waals surface area contributed by atoms with Crippen molar-refractivity contribution in [1.29, 1.82) is 0 Å². The van der Waals surface area contributed by atoms with Crippen molar-refractivity contribution in [3.8, 4) is 0 Å². The zero-order valence-corrected chi connectivity index (χ0v) is 15.7. The number of fused-ring (bicyclic) bond motifs is 1. The Morgan fingerprint density at radius 3 is 2.37 bits per heavy atom. The molecular formula is C22H23N3O2. The molecule has 0 aliphatic carbocycles. The molecule has 2 N–H and O–H groups in total. The standard InChI is InChI=1S/C22H23N3O2/c1-14(2)20(25-21(26)17-10-6-4-8-15(17)3)22(27)24-19-13-12-16-9-5-7-11-18(16)23-19/h4-14,20H,1-3H3,(H,25,26)(H,23,24,27). The molecule has 0 bridgehead atoms. The summed E-state index contributed by atoms with van der Waals surface area (Å²) in [6, 6.07) is 18.0. The first-order valence-electron chi connectivity index (χ1n) is 8.99. The molecule has 0 aliphatic heterocycles. The van der Waals surface area contributed by atoms with Gasteiger partial charge in [-0.05, 0) is 42.7 Å². The molecule has 27 heavy (non-hydrogen) atoms. The number of pyridine rings is 1. The Morgan fingerprint density at radius 2 is 1.63 bits per heavy atom. The second kappa shape index (κ2) is 7.99. The highest BCUT2D eigenvalue weighted by Crippen LogP contribution is 2.16. The van der Waals surface area contributed by atoms with E-state index in [1.54, 1.807) is 12.1 Å². The van der Waals surface area contributed by atoms with Crippen LogP contribution in [0, 0.1) is 12.8 Å². The van der Waals surface area contributed by atoms with Gasteiger partial charge in [-0.2, -0.15) is 0 Å². The van der Waals surface area contributed by atoms with Crippen LogP contribution in [0.5, 0.6) is 0 Å². The smallest absolute Gasteiger partial charge is 0.252 e. The summed E-state index contributed by atoms with van der Waals surface area (Å²) >= 11 is 0. The topological polar surface area (TPSA) is 71.1 Å². The summed E-state index contributed by atoms with van der Waals surface area (Å²) in [5, 5.41) is 6.68. The fourth-order valence-electron chi connectivity index (χ4n) is 2.92. The molecule has 0 saturated carbocycles. The summed E-state index contributed by atoms with van der Waals surface area (Å²) in [7, 11) is 0. The van der Waals surface area contributed by atoms with Gasteiger partial charge in [0.1, 0.15) is 11.9 Å². The Balaban J connectivity index is 1.76. The van der Waals surface area contributed by atoms with Gasteiger partial charge in [-0.1, -0.05) is 50.2 Å².